The fourth-order valence-electron chi connectivity index (χ4n) is 3.33. The first-order valence-electron chi connectivity index (χ1n) is 7.86. The molecule has 6 heteroatoms. The number of rotatable bonds is 4. The van der Waals surface area contributed by atoms with E-state index in [2.05, 4.69) is 14.9 Å². The molecule has 22 heavy (non-hydrogen) atoms. The molecule has 0 spiro atoms. The van der Waals surface area contributed by atoms with Crippen LogP contribution in [0.25, 0.3) is 10.2 Å². The second-order valence-corrected chi connectivity index (χ2v) is 7.53. The second-order valence-electron chi connectivity index (χ2n) is 6.33. The van der Waals surface area contributed by atoms with Gasteiger partial charge in [-0.3, -0.25) is 9.69 Å². The highest BCUT2D eigenvalue weighted by Gasteiger charge is 2.26. The average Bonchev–Trinajstić information content (AvgIpc) is 2.95. The molecular weight excluding hydrogens is 298 g/mol. The number of aromatic nitrogens is 2. The number of hydrogen-bond acceptors (Lipinski definition) is 5. The van der Waals surface area contributed by atoms with E-state index < -0.39 is 0 Å². The van der Waals surface area contributed by atoms with E-state index in [1.807, 2.05) is 20.8 Å². The van der Waals surface area contributed by atoms with Gasteiger partial charge in [-0.25, -0.2) is 4.98 Å². The lowest BCUT2D eigenvalue weighted by Crippen LogP contribution is -2.32. The van der Waals surface area contributed by atoms with E-state index in [0.717, 1.165) is 52.3 Å². The summed E-state index contributed by atoms with van der Waals surface area (Å²) < 4.78 is 0. The van der Waals surface area contributed by atoms with Gasteiger partial charge in [0.1, 0.15) is 10.7 Å². The Morgan fingerprint density at radius 3 is 3.00 bits per heavy atom. The van der Waals surface area contributed by atoms with Gasteiger partial charge in [-0.05, 0) is 52.1 Å². The van der Waals surface area contributed by atoms with E-state index in [0.29, 0.717) is 12.6 Å². The number of H-pyrrole nitrogens is 1. The molecular formula is C16H23N3O2S. The Morgan fingerprint density at radius 2 is 2.27 bits per heavy atom. The fraction of sp³-hybridized carbons (Fsp3) is 0.625. The van der Waals surface area contributed by atoms with E-state index in [1.165, 1.54) is 0 Å². The monoisotopic (exact) mass is 321 g/mol. The van der Waals surface area contributed by atoms with Gasteiger partial charge in [-0.1, -0.05) is 0 Å². The number of aryl methyl sites for hydroxylation is 2. The third-order valence-electron chi connectivity index (χ3n) is 4.55. The van der Waals surface area contributed by atoms with Crippen molar-refractivity contribution in [3.63, 3.8) is 0 Å². The highest BCUT2D eigenvalue weighted by atomic mass is 32.1. The molecule has 0 aromatic carbocycles. The van der Waals surface area contributed by atoms with Gasteiger partial charge in [-0.15, -0.1) is 11.3 Å². The SMILES string of the molecule is Cc1sc2nc(CN3CCCC3CC(C)O)[nH]c(=O)c2c1C. The maximum Gasteiger partial charge on any atom is 0.259 e. The van der Waals surface area contributed by atoms with Crippen LogP contribution < -0.4 is 5.56 Å². The summed E-state index contributed by atoms with van der Waals surface area (Å²) in [6.07, 6.45) is 2.74. The third-order valence-corrected chi connectivity index (χ3v) is 5.65. The minimum Gasteiger partial charge on any atom is -0.393 e. The largest absolute Gasteiger partial charge is 0.393 e. The molecule has 1 fully saturated rings. The van der Waals surface area contributed by atoms with Gasteiger partial charge in [-0.2, -0.15) is 0 Å². The first-order chi connectivity index (χ1) is 10.5. The van der Waals surface area contributed by atoms with Crippen LogP contribution in [0.1, 0.15) is 42.5 Å². The molecule has 0 saturated carbocycles. The van der Waals surface area contributed by atoms with E-state index >= 15 is 0 Å². The predicted octanol–water partition coefficient (Wildman–Crippen LogP) is 2.34. The van der Waals surface area contributed by atoms with Crippen LogP contribution in [-0.2, 0) is 6.54 Å². The number of hydrogen-bond donors (Lipinski definition) is 2. The van der Waals surface area contributed by atoms with Crippen molar-refractivity contribution in [1.29, 1.82) is 0 Å². The summed E-state index contributed by atoms with van der Waals surface area (Å²) in [6, 6.07) is 0.382. The predicted molar refractivity (Wildman–Crippen MR) is 89.4 cm³/mol. The number of fused-ring (bicyclic) bond motifs is 1. The zero-order valence-electron chi connectivity index (χ0n) is 13.3. The Hall–Kier alpha value is -1.24. The van der Waals surface area contributed by atoms with Gasteiger partial charge in [0.05, 0.1) is 18.0 Å². The van der Waals surface area contributed by atoms with Crippen molar-refractivity contribution < 1.29 is 5.11 Å². The molecule has 0 radical (unpaired) electrons. The summed E-state index contributed by atoms with van der Waals surface area (Å²) >= 11 is 1.59. The first kappa shape index (κ1) is 15.6. The molecule has 0 bridgehead atoms. The molecule has 3 rings (SSSR count). The molecule has 1 aliphatic heterocycles. The van der Waals surface area contributed by atoms with Crippen molar-refractivity contribution in [2.24, 2.45) is 0 Å². The number of thiophene rings is 1. The number of nitrogens with zero attached hydrogens (tertiary/aromatic N) is 2. The standard InChI is InChI=1S/C16H23N3O2S/c1-9(20)7-12-5-4-6-19(12)8-13-17-15(21)14-10(2)11(3)22-16(14)18-13/h9,12,20H,4-8H2,1-3H3,(H,17,18,21). The van der Waals surface area contributed by atoms with Crippen LogP contribution in [0.4, 0.5) is 0 Å². The highest BCUT2D eigenvalue weighted by Crippen LogP contribution is 2.27. The molecule has 2 aromatic heterocycles. The van der Waals surface area contributed by atoms with Gasteiger partial charge < -0.3 is 10.1 Å². The van der Waals surface area contributed by atoms with Crippen molar-refractivity contribution in [3.8, 4) is 0 Å². The van der Waals surface area contributed by atoms with E-state index in [-0.39, 0.29) is 11.7 Å². The summed E-state index contributed by atoms with van der Waals surface area (Å²) in [5.74, 6) is 0.733. The van der Waals surface area contributed by atoms with Crippen molar-refractivity contribution in [2.75, 3.05) is 6.54 Å². The smallest absolute Gasteiger partial charge is 0.259 e. The molecule has 1 saturated heterocycles. The molecule has 2 N–H and O–H groups in total. The minimum atomic E-state index is -0.289. The lowest BCUT2D eigenvalue weighted by atomic mass is 10.1. The second kappa shape index (κ2) is 6.10. The summed E-state index contributed by atoms with van der Waals surface area (Å²) in [5, 5.41) is 10.3. The Bertz CT molecular complexity index is 735. The number of aromatic amines is 1. The van der Waals surface area contributed by atoms with Crippen LogP contribution in [-0.4, -0.2) is 38.7 Å². The van der Waals surface area contributed by atoms with Crippen molar-refractivity contribution in [1.82, 2.24) is 14.9 Å². The maximum absolute atomic E-state index is 12.3. The van der Waals surface area contributed by atoms with Crippen LogP contribution in [0.3, 0.4) is 0 Å². The lowest BCUT2D eigenvalue weighted by Gasteiger charge is -2.24. The molecule has 5 nitrogen and oxygen atoms in total. The van der Waals surface area contributed by atoms with Crippen LogP contribution in [0, 0.1) is 13.8 Å². The highest BCUT2D eigenvalue weighted by molar-refractivity contribution is 7.18. The molecule has 120 valence electrons. The maximum atomic E-state index is 12.3. The van der Waals surface area contributed by atoms with Gasteiger partial charge >= 0.3 is 0 Å². The van der Waals surface area contributed by atoms with E-state index in [9.17, 15) is 9.90 Å². The average molecular weight is 321 g/mol. The number of nitrogens with one attached hydrogen (secondary N) is 1. The molecule has 2 unspecified atom stereocenters. The number of aliphatic hydroxyl groups excluding tert-OH is 1. The van der Waals surface area contributed by atoms with Crippen LogP contribution in [0.15, 0.2) is 4.79 Å². The Kier molecular flexibility index (Phi) is 4.34. The lowest BCUT2D eigenvalue weighted by molar-refractivity contribution is 0.129. The summed E-state index contributed by atoms with van der Waals surface area (Å²) in [6.45, 7) is 7.49. The van der Waals surface area contributed by atoms with Gasteiger partial charge in [0, 0.05) is 10.9 Å². The number of likely N-dealkylation sites (tertiary alicyclic amines) is 1. The topological polar surface area (TPSA) is 69.2 Å². The molecule has 2 atom stereocenters. The quantitative estimate of drug-likeness (QED) is 0.907. The summed E-state index contributed by atoms with van der Waals surface area (Å²) in [4.78, 5) is 24.2. The van der Waals surface area contributed by atoms with Crippen LogP contribution >= 0.6 is 11.3 Å². The third kappa shape index (κ3) is 2.95. The Labute approximate surface area is 134 Å². The molecule has 0 aliphatic carbocycles. The Morgan fingerprint density at radius 1 is 1.50 bits per heavy atom. The minimum absolute atomic E-state index is 0.0341. The van der Waals surface area contributed by atoms with Gasteiger partial charge in [0.15, 0.2) is 0 Å². The molecule has 3 heterocycles. The van der Waals surface area contributed by atoms with Crippen molar-refractivity contribution >= 4 is 21.6 Å². The molecule has 0 amide bonds. The summed E-state index contributed by atoms with van der Waals surface area (Å²) in [7, 11) is 0. The Balaban J connectivity index is 1.86. The number of aliphatic hydroxyl groups is 1. The van der Waals surface area contributed by atoms with Gasteiger partial charge in [0.25, 0.3) is 5.56 Å². The van der Waals surface area contributed by atoms with Crippen LogP contribution in [0.2, 0.25) is 0 Å². The van der Waals surface area contributed by atoms with Crippen LogP contribution in [0.5, 0.6) is 0 Å². The zero-order chi connectivity index (χ0) is 15.9. The first-order valence-corrected chi connectivity index (χ1v) is 8.68. The van der Waals surface area contributed by atoms with E-state index in [1.54, 1.807) is 11.3 Å². The fourth-order valence-corrected chi connectivity index (χ4v) is 4.38. The van der Waals surface area contributed by atoms with Crippen molar-refractivity contribution in [2.45, 2.75) is 58.7 Å². The molecule has 2 aromatic rings. The van der Waals surface area contributed by atoms with Gasteiger partial charge in [0.2, 0.25) is 0 Å². The van der Waals surface area contributed by atoms with Crippen molar-refractivity contribution in [3.05, 3.63) is 26.6 Å². The zero-order valence-corrected chi connectivity index (χ0v) is 14.2. The van der Waals surface area contributed by atoms with E-state index in [4.69, 9.17) is 0 Å². The molecule has 1 aliphatic rings. The summed E-state index contributed by atoms with van der Waals surface area (Å²) in [5.41, 5.74) is 1.00. The normalized spacial score (nSPS) is 20.8.